The van der Waals surface area contributed by atoms with Crippen molar-refractivity contribution < 1.29 is 17.7 Å². The van der Waals surface area contributed by atoms with E-state index in [4.69, 9.17) is 4.18 Å². The van der Waals surface area contributed by atoms with E-state index in [1.807, 2.05) is 31.2 Å². The lowest BCUT2D eigenvalue weighted by atomic mass is 9.55. The van der Waals surface area contributed by atoms with E-state index in [9.17, 15) is 13.5 Å². The number of fused-ring (bicyclic) bond motifs is 5. The van der Waals surface area contributed by atoms with Crippen LogP contribution in [-0.4, -0.2) is 19.6 Å². The molecule has 1 unspecified atom stereocenters. The third-order valence-corrected chi connectivity index (χ3v) is 9.51. The highest BCUT2D eigenvalue weighted by Gasteiger charge is 2.56. The summed E-state index contributed by atoms with van der Waals surface area (Å²) in [6.45, 7) is 4.20. The van der Waals surface area contributed by atoms with Gasteiger partial charge in [-0.15, -0.1) is 0 Å². The van der Waals surface area contributed by atoms with Gasteiger partial charge in [-0.2, -0.15) is 8.42 Å². The van der Waals surface area contributed by atoms with Gasteiger partial charge in [-0.05, 0) is 104 Å². The van der Waals surface area contributed by atoms with Crippen LogP contribution in [0.1, 0.15) is 61.6 Å². The first kappa shape index (κ1) is 20.1. The Morgan fingerprint density at radius 3 is 2.57 bits per heavy atom. The first-order chi connectivity index (χ1) is 14.3. The molecule has 0 amide bonds. The second-order valence-corrected chi connectivity index (χ2v) is 11.3. The predicted molar refractivity (Wildman–Crippen MR) is 116 cm³/mol. The summed E-state index contributed by atoms with van der Waals surface area (Å²) in [5.74, 6) is 1.91. The molecule has 2 saturated carbocycles. The van der Waals surface area contributed by atoms with Crippen LogP contribution in [0.25, 0.3) is 0 Å². The monoisotopic (exact) mass is 426 g/mol. The average molecular weight is 427 g/mol. The average Bonchev–Trinajstić information content (AvgIpc) is 3.03. The molecule has 5 rings (SSSR count). The minimum atomic E-state index is -3.76. The number of hydrogen-bond acceptors (Lipinski definition) is 4. The SMILES string of the molecule is Cc1ccc(S(=O)(=O)OC2CC[C@H]3[C@@H]4CCc5cc(O)ccc5[C@H]4CC[C@]23C)cc1. The lowest BCUT2D eigenvalue weighted by Gasteiger charge is -2.50. The molecule has 0 heterocycles. The molecule has 5 atom stereocenters. The van der Waals surface area contributed by atoms with Gasteiger partial charge in [0.2, 0.25) is 0 Å². The number of aryl methyl sites for hydroxylation is 2. The molecule has 0 aliphatic heterocycles. The van der Waals surface area contributed by atoms with E-state index in [1.165, 1.54) is 11.1 Å². The number of rotatable bonds is 3. The molecule has 0 bridgehead atoms. The van der Waals surface area contributed by atoms with E-state index in [2.05, 4.69) is 13.0 Å². The van der Waals surface area contributed by atoms with E-state index in [-0.39, 0.29) is 16.4 Å². The summed E-state index contributed by atoms with van der Waals surface area (Å²) in [7, 11) is -3.76. The zero-order valence-electron chi connectivity index (χ0n) is 17.7. The fourth-order valence-electron chi connectivity index (χ4n) is 6.59. The van der Waals surface area contributed by atoms with E-state index in [0.29, 0.717) is 23.5 Å². The Bertz CT molecular complexity index is 1060. The summed E-state index contributed by atoms with van der Waals surface area (Å²) in [4.78, 5) is 0.250. The molecule has 2 fully saturated rings. The van der Waals surface area contributed by atoms with Crippen molar-refractivity contribution in [1.29, 1.82) is 0 Å². The Hall–Kier alpha value is -1.85. The molecule has 160 valence electrons. The minimum Gasteiger partial charge on any atom is -0.508 e. The number of phenols is 1. The van der Waals surface area contributed by atoms with E-state index >= 15 is 0 Å². The summed E-state index contributed by atoms with van der Waals surface area (Å²) in [5.41, 5.74) is 3.61. The Kier molecular flexibility index (Phi) is 4.75. The van der Waals surface area contributed by atoms with Crippen LogP contribution in [0.5, 0.6) is 5.75 Å². The van der Waals surface area contributed by atoms with Crippen LogP contribution in [0.3, 0.4) is 0 Å². The number of hydrogen-bond donors (Lipinski definition) is 1. The van der Waals surface area contributed by atoms with Gasteiger partial charge in [0, 0.05) is 0 Å². The summed E-state index contributed by atoms with van der Waals surface area (Å²) >= 11 is 0. The molecule has 30 heavy (non-hydrogen) atoms. The lowest BCUT2D eigenvalue weighted by Crippen LogP contribution is -2.45. The highest BCUT2D eigenvalue weighted by Crippen LogP contribution is 2.61. The first-order valence-electron chi connectivity index (χ1n) is 11.1. The summed E-state index contributed by atoms with van der Waals surface area (Å²) in [6.07, 6.45) is 5.71. The Balaban J connectivity index is 1.39. The van der Waals surface area contributed by atoms with E-state index in [1.54, 1.807) is 12.1 Å². The van der Waals surface area contributed by atoms with Crippen molar-refractivity contribution in [2.75, 3.05) is 0 Å². The molecule has 5 heteroatoms. The van der Waals surface area contributed by atoms with Gasteiger partial charge in [0.15, 0.2) is 0 Å². The van der Waals surface area contributed by atoms with Gasteiger partial charge in [-0.3, -0.25) is 4.18 Å². The van der Waals surface area contributed by atoms with Gasteiger partial charge in [0.1, 0.15) is 5.75 Å². The van der Waals surface area contributed by atoms with Crippen molar-refractivity contribution in [3.8, 4) is 5.75 Å². The van der Waals surface area contributed by atoms with Crippen molar-refractivity contribution in [2.24, 2.45) is 17.3 Å². The molecule has 3 aliphatic rings. The maximum atomic E-state index is 12.9. The van der Waals surface area contributed by atoms with Crippen LogP contribution in [0.4, 0.5) is 0 Å². The molecule has 0 spiro atoms. The second-order valence-electron chi connectivity index (χ2n) is 9.77. The Morgan fingerprint density at radius 2 is 1.80 bits per heavy atom. The predicted octanol–water partition coefficient (Wildman–Crippen LogP) is 5.33. The quantitative estimate of drug-likeness (QED) is 0.674. The fourth-order valence-corrected chi connectivity index (χ4v) is 7.79. The zero-order valence-corrected chi connectivity index (χ0v) is 18.5. The van der Waals surface area contributed by atoms with Crippen LogP contribution in [-0.2, 0) is 20.7 Å². The summed E-state index contributed by atoms with van der Waals surface area (Å²) in [6, 6.07) is 12.8. The van der Waals surface area contributed by atoms with E-state index in [0.717, 1.165) is 44.1 Å². The van der Waals surface area contributed by atoms with Crippen molar-refractivity contribution in [3.63, 3.8) is 0 Å². The van der Waals surface area contributed by atoms with Gasteiger partial charge < -0.3 is 5.11 Å². The molecule has 4 nitrogen and oxygen atoms in total. The standard InChI is InChI=1S/C25H30O4S/c1-16-3-7-19(8-4-16)30(27,28)29-24-12-11-23-22-9-5-17-15-18(26)6-10-20(17)21(22)13-14-25(23,24)2/h3-4,6-8,10,15,21-24,26H,5,9,11-14H2,1-2H3/t21-,22-,23+,24?,25+/m1/s1. The lowest BCUT2D eigenvalue weighted by molar-refractivity contribution is -0.00804. The molecule has 0 saturated heterocycles. The largest absolute Gasteiger partial charge is 0.508 e. The summed E-state index contributed by atoms with van der Waals surface area (Å²) in [5, 5.41) is 9.85. The third kappa shape index (κ3) is 3.18. The highest BCUT2D eigenvalue weighted by molar-refractivity contribution is 7.86. The molecule has 2 aromatic rings. The summed E-state index contributed by atoms with van der Waals surface area (Å²) < 4.78 is 31.8. The van der Waals surface area contributed by atoms with Crippen molar-refractivity contribution in [3.05, 3.63) is 59.2 Å². The molecule has 3 aliphatic carbocycles. The smallest absolute Gasteiger partial charge is 0.297 e. The fraction of sp³-hybridized carbons (Fsp3) is 0.520. The van der Waals surface area contributed by atoms with E-state index < -0.39 is 10.1 Å². The number of phenolic OH excluding ortho intramolecular Hbond substituents is 1. The van der Waals surface area contributed by atoms with Gasteiger partial charge in [0.05, 0.1) is 11.0 Å². The maximum Gasteiger partial charge on any atom is 0.297 e. The van der Waals surface area contributed by atoms with Gasteiger partial charge >= 0.3 is 0 Å². The highest BCUT2D eigenvalue weighted by atomic mass is 32.2. The number of benzene rings is 2. The first-order valence-corrected chi connectivity index (χ1v) is 12.5. The van der Waals surface area contributed by atoms with Crippen molar-refractivity contribution in [2.45, 2.75) is 69.3 Å². The topological polar surface area (TPSA) is 63.6 Å². The zero-order chi connectivity index (χ0) is 21.1. The van der Waals surface area contributed by atoms with Gasteiger partial charge in [0.25, 0.3) is 10.1 Å². The van der Waals surface area contributed by atoms with Gasteiger partial charge in [-0.25, -0.2) is 0 Å². The Morgan fingerprint density at radius 1 is 1.03 bits per heavy atom. The van der Waals surface area contributed by atoms with Crippen molar-refractivity contribution >= 4 is 10.1 Å². The molecule has 0 radical (unpaired) electrons. The van der Waals surface area contributed by atoms with Crippen LogP contribution < -0.4 is 0 Å². The molecule has 2 aromatic carbocycles. The van der Waals surface area contributed by atoms with Gasteiger partial charge in [-0.1, -0.05) is 30.7 Å². The molecule has 1 N–H and O–H groups in total. The molecular weight excluding hydrogens is 396 g/mol. The second kappa shape index (κ2) is 7.10. The maximum absolute atomic E-state index is 12.9. The minimum absolute atomic E-state index is 0.104. The molecular formula is C25H30O4S. The van der Waals surface area contributed by atoms with Crippen LogP contribution >= 0.6 is 0 Å². The normalized spacial score (nSPS) is 32.9. The Labute approximate surface area is 179 Å². The molecule has 0 aromatic heterocycles. The van der Waals surface area contributed by atoms with Crippen molar-refractivity contribution in [1.82, 2.24) is 0 Å². The van der Waals surface area contributed by atoms with Crippen LogP contribution in [0, 0.1) is 24.2 Å². The third-order valence-electron chi connectivity index (χ3n) is 8.18. The van der Waals surface area contributed by atoms with Crippen LogP contribution in [0.2, 0.25) is 0 Å². The number of aromatic hydroxyl groups is 1. The van der Waals surface area contributed by atoms with Crippen LogP contribution in [0.15, 0.2) is 47.4 Å².